The Bertz CT molecular complexity index is 1070. The van der Waals surface area contributed by atoms with E-state index >= 15 is 0 Å². The number of carbonyl (C=O) groups is 1. The van der Waals surface area contributed by atoms with Crippen LogP contribution in [0.25, 0.3) is 11.4 Å². The van der Waals surface area contributed by atoms with Crippen LogP contribution >= 0.6 is 11.6 Å². The van der Waals surface area contributed by atoms with Gasteiger partial charge in [-0.15, -0.1) is 0 Å². The van der Waals surface area contributed by atoms with Gasteiger partial charge in [0.1, 0.15) is 0 Å². The fourth-order valence-corrected chi connectivity index (χ4v) is 3.09. The van der Waals surface area contributed by atoms with Gasteiger partial charge in [0.2, 0.25) is 0 Å². The molecule has 1 N–H and O–H groups in total. The molecule has 0 unspecified atom stereocenters. The van der Waals surface area contributed by atoms with Gasteiger partial charge in [-0.05, 0) is 48.4 Å². The fourth-order valence-electron chi connectivity index (χ4n) is 2.86. The number of halogens is 1. The molecule has 28 heavy (non-hydrogen) atoms. The molecular formula is C21H18ClN5O. The summed E-state index contributed by atoms with van der Waals surface area (Å²) in [6.07, 6.45) is 6.11. The molecule has 4 rings (SSSR count). The van der Waals surface area contributed by atoms with Crippen LogP contribution in [0.2, 0.25) is 5.02 Å². The van der Waals surface area contributed by atoms with Gasteiger partial charge in [-0.2, -0.15) is 10.2 Å². The molecule has 0 saturated heterocycles. The first-order chi connectivity index (χ1) is 13.7. The lowest BCUT2D eigenvalue weighted by atomic mass is 10.1. The van der Waals surface area contributed by atoms with E-state index in [9.17, 15) is 4.79 Å². The average molecular weight is 392 g/mol. The van der Waals surface area contributed by atoms with Crippen LogP contribution in [0.1, 0.15) is 16.1 Å². The second-order valence-corrected chi connectivity index (χ2v) is 6.63. The van der Waals surface area contributed by atoms with E-state index in [4.69, 9.17) is 11.6 Å². The standard InChI is InChI=1S/C21H18ClN5O/c22-18-4-1-2-5-20(18)27-15-11-19(25-27)21(28)23-13-10-16-6-8-17(9-7-16)26-14-3-12-24-26/h1-9,11-12,14-15H,10,13H2,(H,23,28). The minimum atomic E-state index is -0.209. The molecule has 0 spiro atoms. The van der Waals surface area contributed by atoms with Crippen molar-refractivity contribution in [3.63, 3.8) is 0 Å². The number of hydrogen-bond acceptors (Lipinski definition) is 3. The first-order valence-corrected chi connectivity index (χ1v) is 9.26. The highest BCUT2D eigenvalue weighted by atomic mass is 35.5. The van der Waals surface area contributed by atoms with Crippen LogP contribution in [-0.4, -0.2) is 32.0 Å². The minimum absolute atomic E-state index is 0.209. The molecule has 0 aliphatic rings. The molecule has 2 heterocycles. The molecule has 4 aromatic rings. The van der Waals surface area contributed by atoms with E-state index in [1.165, 1.54) is 0 Å². The summed E-state index contributed by atoms with van der Waals surface area (Å²) >= 11 is 6.18. The Balaban J connectivity index is 1.33. The third-order valence-corrected chi connectivity index (χ3v) is 4.65. The number of carbonyl (C=O) groups excluding carboxylic acids is 1. The van der Waals surface area contributed by atoms with Crippen LogP contribution in [0.15, 0.2) is 79.3 Å². The number of benzene rings is 2. The Morgan fingerprint density at radius 2 is 1.79 bits per heavy atom. The van der Waals surface area contributed by atoms with Crippen molar-refractivity contribution in [2.24, 2.45) is 0 Å². The molecule has 0 radical (unpaired) electrons. The van der Waals surface area contributed by atoms with Gasteiger partial charge in [0.05, 0.1) is 16.4 Å². The summed E-state index contributed by atoms with van der Waals surface area (Å²) < 4.78 is 3.41. The van der Waals surface area contributed by atoms with E-state index in [1.54, 1.807) is 33.9 Å². The van der Waals surface area contributed by atoms with Crippen LogP contribution < -0.4 is 5.32 Å². The maximum atomic E-state index is 12.3. The van der Waals surface area contributed by atoms with Crippen LogP contribution in [-0.2, 0) is 6.42 Å². The van der Waals surface area contributed by atoms with Gasteiger partial charge < -0.3 is 5.32 Å². The lowest BCUT2D eigenvalue weighted by Crippen LogP contribution is -2.26. The highest BCUT2D eigenvalue weighted by Gasteiger charge is 2.11. The Labute approximate surface area is 167 Å². The topological polar surface area (TPSA) is 64.7 Å². The maximum absolute atomic E-state index is 12.3. The van der Waals surface area contributed by atoms with Gasteiger partial charge in [0, 0.05) is 25.1 Å². The van der Waals surface area contributed by atoms with Crippen molar-refractivity contribution in [3.8, 4) is 11.4 Å². The van der Waals surface area contributed by atoms with E-state index in [-0.39, 0.29) is 5.91 Å². The number of nitrogens with one attached hydrogen (secondary N) is 1. The number of para-hydroxylation sites is 1. The van der Waals surface area contributed by atoms with Gasteiger partial charge in [-0.25, -0.2) is 9.36 Å². The molecule has 0 atom stereocenters. The largest absolute Gasteiger partial charge is 0.350 e. The van der Waals surface area contributed by atoms with Gasteiger partial charge in [-0.1, -0.05) is 35.9 Å². The second kappa shape index (κ2) is 8.10. The SMILES string of the molecule is O=C(NCCc1ccc(-n2cccn2)cc1)c1ccn(-c2ccccc2Cl)n1. The summed E-state index contributed by atoms with van der Waals surface area (Å²) in [7, 11) is 0. The van der Waals surface area contributed by atoms with E-state index in [1.807, 2.05) is 54.7 Å². The number of aromatic nitrogens is 4. The number of hydrogen-bond donors (Lipinski definition) is 1. The van der Waals surface area contributed by atoms with E-state index in [0.29, 0.717) is 17.3 Å². The highest BCUT2D eigenvalue weighted by molar-refractivity contribution is 6.32. The molecular weight excluding hydrogens is 374 g/mol. The zero-order chi connectivity index (χ0) is 19.3. The molecule has 0 aliphatic heterocycles. The van der Waals surface area contributed by atoms with Gasteiger partial charge in [-0.3, -0.25) is 4.79 Å². The van der Waals surface area contributed by atoms with Crippen molar-refractivity contribution in [3.05, 3.63) is 95.5 Å². The molecule has 7 heteroatoms. The van der Waals surface area contributed by atoms with Gasteiger partial charge in [0.15, 0.2) is 5.69 Å². The second-order valence-electron chi connectivity index (χ2n) is 6.22. The van der Waals surface area contributed by atoms with E-state index in [2.05, 4.69) is 15.5 Å². The molecule has 1 amide bonds. The van der Waals surface area contributed by atoms with Gasteiger partial charge in [0.25, 0.3) is 5.91 Å². The van der Waals surface area contributed by atoms with Crippen molar-refractivity contribution < 1.29 is 4.79 Å². The van der Waals surface area contributed by atoms with E-state index < -0.39 is 0 Å². The maximum Gasteiger partial charge on any atom is 0.271 e. The Morgan fingerprint density at radius 3 is 2.54 bits per heavy atom. The highest BCUT2D eigenvalue weighted by Crippen LogP contribution is 2.19. The lowest BCUT2D eigenvalue weighted by Gasteiger charge is -2.06. The van der Waals surface area contributed by atoms with Crippen LogP contribution in [0.4, 0.5) is 0 Å². The lowest BCUT2D eigenvalue weighted by molar-refractivity contribution is 0.0948. The first-order valence-electron chi connectivity index (χ1n) is 8.88. The van der Waals surface area contributed by atoms with Crippen molar-refractivity contribution in [2.75, 3.05) is 6.54 Å². The smallest absolute Gasteiger partial charge is 0.271 e. The predicted octanol–water partition coefficient (Wildman–Crippen LogP) is 3.68. The Morgan fingerprint density at radius 1 is 0.964 bits per heavy atom. The molecule has 2 aromatic carbocycles. The summed E-state index contributed by atoms with van der Waals surface area (Å²) in [4.78, 5) is 12.3. The monoisotopic (exact) mass is 391 g/mol. The molecule has 0 bridgehead atoms. The summed E-state index contributed by atoms with van der Waals surface area (Å²) in [5, 5.41) is 12.0. The van der Waals surface area contributed by atoms with Crippen molar-refractivity contribution in [1.82, 2.24) is 24.9 Å². The molecule has 2 aromatic heterocycles. The summed E-state index contributed by atoms with van der Waals surface area (Å²) in [6, 6.07) is 19.0. The molecule has 0 aliphatic carbocycles. The van der Waals surface area contributed by atoms with Crippen molar-refractivity contribution in [2.45, 2.75) is 6.42 Å². The zero-order valence-corrected chi connectivity index (χ0v) is 15.8. The predicted molar refractivity (Wildman–Crippen MR) is 108 cm³/mol. The quantitative estimate of drug-likeness (QED) is 0.545. The zero-order valence-electron chi connectivity index (χ0n) is 15.0. The van der Waals surface area contributed by atoms with Crippen molar-refractivity contribution in [1.29, 1.82) is 0 Å². The normalized spacial score (nSPS) is 10.8. The van der Waals surface area contributed by atoms with Crippen LogP contribution in [0, 0.1) is 0 Å². The van der Waals surface area contributed by atoms with Crippen LogP contribution in [0.5, 0.6) is 0 Å². The van der Waals surface area contributed by atoms with Crippen molar-refractivity contribution >= 4 is 17.5 Å². The third-order valence-electron chi connectivity index (χ3n) is 4.33. The Kier molecular flexibility index (Phi) is 5.21. The van der Waals surface area contributed by atoms with Gasteiger partial charge >= 0.3 is 0 Å². The van der Waals surface area contributed by atoms with Crippen LogP contribution in [0.3, 0.4) is 0 Å². The number of amides is 1. The fraction of sp³-hybridized carbons (Fsp3) is 0.0952. The minimum Gasteiger partial charge on any atom is -0.350 e. The number of nitrogens with zero attached hydrogens (tertiary/aromatic N) is 4. The molecule has 6 nitrogen and oxygen atoms in total. The molecule has 140 valence electrons. The molecule has 0 saturated carbocycles. The average Bonchev–Trinajstić information content (AvgIpc) is 3.41. The van der Waals surface area contributed by atoms with E-state index in [0.717, 1.165) is 23.4 Å². The summed E-state index contributed by atoms with van der Waals surface area (Å²) in [5.41, 5.74) is 3.23. The third kappa shape index (κ3) is 3.97. The number of rotatable bonds is 6. The molecule has 0 fully saturated rings. The summed E-state index contributed by atoms with van der Waals surface area (Å²) in [6.45, 7) is 0.527. The summed E-state index contributed by atoms with van der Waals surface area (Å²) in [5.74, 6) is -0.209. The Hall–Kier alpha value is -3.38. The first kappa shape index (κ1) is 18.0.